The number of imide groups is 1. The summed E-state index contributed by atoms with van der Waals surface area (Å²) >= 11 is 0. The predicted octanol–water partition coefficient (Wildman–Crippen LogP) is 3.68. The van der Waals surface area contributed by atoms with E-state index in [1.54, 1.807) is 60.5 Å². The summed E-state index contributed by atoms with van der Waals surface area (Å²) in [7, 11) is 1.77. The lowest BCUT2D eigenvalue weighted by Crippen LogP contribution is -2.41. The minimum absolute atomic E-state index is 0.116. The van der Waals surface area contributed by atoms with Crippen molar-refractivity contribution in [2.45, 2.75) is 45.2 Å². The largest absolute Gasteiger partial charge is 0.452 e. The van der Waals surface area contributed by atoms with Gasteiger partial charge in [0.15, 0.2) is 6.61 Å². The maximum atomic E-state index is 12.5. The summed E-state index contributed by atoms with van der Waals surface area (Å²) in [5.74, 6) is -0.739. The Morgan fingerprint density at radius 3 is 2.09 bits per heavy atom. The van der Waals surface area contributed by atoms with E-state index in [-0.39, 0.29) is 36.9 Å². The number of hydrogen-bond acceptors (Lipinski definition) is 5. The van der Waals surface area contributed by atoms with Crippen molar-refractivity contribution >= 4 is 23.7 Å². The van der Waals surface area contributed by atoms with Gasteiger partial charge < -0.3 is 9.64 Å². The Bertz CT molecular complexity index is 1040. The molecule has 1 saturated carbocycles. The predicted molar refractivity (Wildman–Crippen MR) is 122 cm³/mol. The number of nitrogens with zero attached hydrogens (tertiary/aromatic N) is 2. The maximum Gasteiger partial charge on any atom is 0.338 e. The second-order valence-electron chi connectivity index (χ2n) is 8.93. The van der Waals surface area contributed by atoms with Gasteiger partial charge in [0.2, 0.25) is 0 Å². The molecule has 2 aromatic rings. The number of rotatable bonds is 6. The highest BCUT2D eigenvalue weighted by atomic mass is 16.5. The average Bonchev–Trinajstić information content (AvgIpc) is 3.08. The summed E-state index contributed by atoms with van der Waals surface area (Å²) in [6, 6.07) is 13.4. The molecule has 0 aromatic heterocycles. The number of amides is 3. The van der Waals surface area contributed by atoms with Crippen molar-refractivity contribution in [1.29, 1.82) is 0 Å². The summed E-state index contributed by atoms with van der Waals surface area (Å²) in [6.07, 6.45) is 4.17. The summed E-state index contributed by atoms with van der Waals surface area (Å²) < 4.78 is 5.22. The van der Waals surface area contributed by atoms with E-state index in [4.69, 9.17) is 4.74 Å². The summed E-state index contributed by atoms with van der Waals surface area (Å²) in [4.78, 5) is 52.8. The first-order valence-corrected chi connectivity index (χ1v) is 11.3. The van der Waals surface area contributed by atoms with Gasteiger partial charge in [0, 0.05) is 13.1 Å². The Kier molecular flexibility index (Phi) is 6.58. The van der Waals surface area contributed by atoms with Crippen molar-refractivity contribution in [2.75, 3.05) is 13.7 Å². The fraction of sp³-hybridized carbons (Fsp3) is 0.385. The number of hydrogen-bond donors (Lipinski definition) is 0. The fourth-order valence-electron chi connectivity index (χ4n) is 4.46. The molecule has 1 aliphatic carbocycles. The topological polar surface area (TPSA) is 84.0 Å². The van der Waals surface area contributed by atoms with E-state index in [1.165, 1.54) is 4.90 Å². The zero-order valence-electron chi connectivity index (χ0n) is 19.0. The second-order valence-corrected chi connectivity index (χ2v) is 8.93. The van der Waals surface area contributed by atoms with Crippen molar-refractivity contribution in [3.8, 4) is 0 Å². The molecule has 7 heteroatoms. The van der Waals surface area contributed by atoms with Crippen LogP contribution in [0.25, 0.3) is 0 Å². The van der Waals surface area contributed by atoms with Crippen LogP contribution in [0, 0.1) is 5.92 Å². The average molecular weight is 449 g/mol. The minimum atomic E-state index is -0.582. The normalized spacial score (nSPS) is 19.9. The van der Waals surface area contributed by atoms with E-state index in [1.807, 2.05) is 0 Å². The van der Waals surface area contributed by atoms with Crippen LogP contribution >= 0.6 is 0 Å². The molecule has 0 atom stereocenters. The molecule has 1 aliphatic heterocycles. The van der Waals surface area contributed by atoms with Crippen LogP contribution in [0.5, 0.6) is 0 Å². The van der Waals surface area contributed by atoms with Gasteiger partial charge in [-0.3, -0.25) is 19.3 Å². The van der Waals surface area contributed by atoms with Crippen molar-refractivity contribution in [1.82, 2.24) is 9.80 Å². The van der Waals surface area contributed by atoms with Crippen molar-refractivity contribution in [3.05, 3.63) is 70.8 Å². The van der Waals surface area contributed by atoms with Crippen LogP contribution < -0.4 is 0 Å². The van der Waals surface area contributed by atoms with Gasteiger partial charge in [0.1, 0.15) is 0 Å². The molecular weight excluding hydrogens is 420 g/mol. The molecule has 0 bridgehead atoms. The molecule has 0 N–H and O–H groups in total. The Hall–Kier alpha value is -3.48. The highest BCUT2D eigenvalue weighted by Gasteiger charge is 2.35. The molecule has 33 heavy (non-hydrogen) atoms. The molecule has 3 amide bonds. The molecule has 172 valence electrons. The lowest BCUT2D eigenvalue weighted by molar-refractivity contribution is -0.136. The van der Waals surface area contributed by atoms with E-state index in [0.717, 1.165) is 25.7 Å². The number of benzene rings is 2. The van der Waals surface area contributed by atoms with Crippen LogP contribution in [0.1, 0.15) is 69.2 Å². The van der Waals surface area contributed by atoms with Crippen molar-refractivity contribution in [2.24, 2.45) is 5.92 Å². The lowest BCUT2D eigenvalue weighted by atomic mass is 9.87. The van der Waals surface area contributed by atoms with Crippen molar-refractivity contribution < 1.29 is 23.9 Å². The first-order valence-electron chi connectivity index (χ1n) is 11.3. The van der Waals surface area contributed by atoms with Gasteiger partial charge in [0.05, 0.1) is 23.2 Å². The summed E-state index contributed by atoms with van der Waals surface area (Å²) in [6.45, 7) is 2.05. The quantitative estimate of drug-likeness (QED) is 0.497. The number of esters is 1. The van der Waals surface area contributed by atoms with Crippen molar-refractivity contribution in [3.63, 3.8) is 0 Å². The molecule has 0 unspecified atom stereocenters. The molecule has 7 nitrogen and oxygen atoms in total. The smallest absolute Gasteiger partial charge is 0.338 e. The zero-order chi connectivity index (χ0) is 23.5. The third kappa shape index (κ3) is 4.82. The summed E-state index contributed by atoms with van der Waals surface area (Å²) in [5.41, 5.74) is 1.83. The Labute approximate surface area is 193 Å². The molecular formula is C26H28N2O5. The molecule has 0 saturated heterocycles. The van der Waals surface area contributed by atoms with Crippen LogP contribution in [0.2, 0.25) is 0 Å². The highest BCUT2D eigenvalue weighted by molar-refractivity contribution is 6.21. The Morgan fingerprint density at radius 2 is 1.52 bits per heavy atom. The van der Waals surface area contributed by atoms with E-state index in [2.05, 4.69) is 6.92 Å². The standard InChI is InChI=1S/C26H28N2O5/c1-17-7-13-20(14-8-17)27(2)23(29)16-33-26(32)19-11-9-18(10-12-19)15-28-24(30)21-5-3-4-6-22(21)25(28)31/h3-6,9-12,17,20H,7-8,13-16H2,1-2H3. The maximum absolute atomic E-state index is 12.5. The minimum Gasteiger partial charge on any atom is -0.452 e. The van der Waals surface area contributed by atoms with E-state index < -0.39 is 5.97 Å². The third-order valence-corrected chi connectivity index (χ3v) is 6.66. The number of likely N-dealkylation sites (N-methyl/N-ethyl adjacent to an activating group) is 1. The lowest BCUT2D eigenvalue weighted by Gasteiger charge is -2.33. The van der Waals surface area contributed by atoms with Crippen LogP contribution in [-0.2, 0) is 16.1 Å². The van der Waals surface area contributed by atoms with Gasteiger partial charge in [-0.1, -0.05) is 31.2 Å². The molecule has 1 heterocycles. The third-order valence-electron chi connectivity index (χ3n) is 6.66. The van der Waals surface area contributed by atoms with Crippen LogP contribution in [0.4, 0.5) is 0 Å². The first-order chi connectivity index (χ1) is 15.8. The highest BCUT2D eigenvalue weighted by Crippen LogP contribution is 2.27. The van der Waals surface area contributed by atoms with Gasteiger partial charge in [-0.15, -0.1) is 0 Å². The zero-order valence-corrected chi connectivity index (χ0v) is 19.0. The van der Waals surface area contributed by atoms with Gasteiger partial charge in [-0.2, -0.15) is 0 Å². The van der Waals surface area contributed by atoms with Gasteiger partial charge in [0.25, 0.3) is 17.7 Å². The Morgan fingerprint density at radius 1 is 0.939 bits per heavy atom. The van der Waals surface area contributed by atoms with E-state index >= 15 is 0 Å². The van der Waals surface area contributed by atoms with Crippen LogP contribution in [0.3, 0.4) is 0 Å². The number of ether oxygens (including phenoxy) is 1. The molecule has 0 radical (unpaired) electrons. The van der Waals surface area contributed by atoms with E-state index in [9.17, 15) is 19.2 Å². The second kappa shape index (κ2) is 9.57. The number of carbonyl (C=O) groups excluding carboxylic acids is 4. The Balaban J connectivity index is 1.30. The first kappa shape index (κ1) is 22.7. The van der Waals surface area contributed by atoms with Gasteiger partial charge >= 0.3 is 5.97 Å². The molecule has 4 rings (SSSR count). The number of carbonyl (C=O) groups is 4. The number of fused-ring (bicyclic) bond motifs is 1. The van der Waals surface area contributed by atoms with Gasteiger partial charge in [-0.25, -0.2) is 4.79 Å². The molecule has 0 spiro atoms. The monoisotopic (exact) mass is 448 g/mol. The summed E-state index contributed by atoms with van der Waals surface area (Å²) in [5, 5.41) is 0. The molecule has 1 fully saturated rings. The van der Waals surface area contributed by atoms with Crippen LogP contribution in [0.15, 0.2) is 48.5 Å². The SMILES string of the molecule is CC1CCC(N(C)C(=O)COC(=O)c2ccc(CN3C(=O)c4ccccc4C3=O)cc2)CC1. The fourth-order valence-corrected chi connectivity index (χ4v) is 4.46. The van der Waals surface area contributed by atoms with E-state index in [0.29, 0.717) is 28.2 Å². The molecule has 2 aromatic carbocycles. The van der Waals surface area contributed by atoms with Gasteiger partial charge in [-0.05, 0) is 61.4 Å². The molecule has 2 aliphatic rings. The van der Waals surface area contributed by atoms with Crippen LogP contribution in [-0.4, -0.2) is 53.2 Å².